The van der Waals surface area contributed by atoms with Crippen molar-refractivity contribution in [2.75, 3.05) is 13.1 Å². The molecule has 1 fully saturated rings. The van der Waals surface area contributed by atoms with Gasteiger partial charge in [0.15, 0.2) is 0 Å². The van der Waals surface area contributed by atoms with Crippen molar-refractivity contribution < 1.29 is 8.42 Å². The maximum atomic E-state index is 12.3. The second kappa shape index (κ2) is 4.44. The fraction of sp³-hybridized carbons (Fsp3) is 0.600. The van der Waals surface area contributed by atoms with Crippen LogP contribution in [0.15, 0.2) is 16.3 Å². The predicted molar refractivity (Wildman–Crippen MR) is 65.0 cm³/mol. The van der Waals surface area contributed by atoms with Gasteiger partial charge in [-0.3, -0.25) is 0 Å². The van der Waals surface area contributed by atoms with Crippen molar-refractivity contribution in [2.45, 2.75) is 30.0 Å². The normalized spacial score (nSPS) is 16.9. The summed E-state index contributed by atoms with van der Waals surface area (Å²) in [6.45, 7) is 2.71. The topological polar surface area (TPSA) is 63.4 Å². The van der Waals surface area contributed by atoms with E-state index in [2.05, 4.69) is 0 Å². The minimum atomic E-state index is -3.31. The zero-order chi connectivity index (χ0) is 11.8. The van der Waals surface area contributed by atoms with Crippen LogP contribution in [0.2, 0.25) is 0 Å². The molecular formula is C10H16N2O2S2. The molecule has 0 aromatic carbocycles. The maximum Gasteiger partial charge on any atom is 0.252 e. The van der Waals surface area contributed by atoms with Crippen molar-refractivity contribution in [3.05, 3.63) is 17.0 Å². The van der Waals surface area contributed by atoms with Crippen LogP contribution in [0.5, 0.6) is 0 Å². The zero-order valence-corrected chi connectivity index (χ0v) is 10.9. The van der Waals surface area contributed by atoms with Crippen LogP contribution in [-0.4, -0.2) is 31.9 Å². The first-order chi connectivity index (χ1) is 7.55. The molecule has 1 saturated carbocycles. The van der Waals surface area contributed by atoms with Gasteiger partial charge < -0.3 is 5.73 Å². The van der Waals surface area contributed by atoms with Crippen molar-refractivity contribution in [1.82, 2.24) is 4.31 Å². The van der Waals surface area contributed by atoms with Crippen molar-refractivity contribution in [3.63, 3.8) is 0 Å². The highest BCUT2D eigenvalue weighted by molar-refractivity contribution is 7.91. The number of aryl methyl sites for hydroxylation is 1. The molecule has 2 N–H and O–H groups in total. The molecule has 0 radical (unpaired) electrons. The Morgan fingerprint density at radius 1 is 1.50 bits per heavy atom. The first kappa shape index (κ1) is 12.0. The van der Waals surface area contributed by atoms with Gasteiger partial charge in [-0.25, -0.2) is 8.42 Å². The molecular weight excluding hydrogens is 244 g/mol. The summed E-state index contributed by atoms with van der Waals surface area (Å²) < 4.78 is 26.6. The van der Waals surface area contributed by atoms with Crippen LogP contribution in [-0.2, 0) is 10.0 Å². The molecule has 4 nitrogen and oxygen atoms in total. The van der Waals surface area contributed by atoms with Crippen molar-refractivity contribution in [1.29, 1.82) is 0 Å². The molecule has 1 heterocycles. The summed E-state index contributed by atoms with van der Waals surface area (Å²) in [4.78, 5) is 1.02. The summed E-state index contributed by atoms with van der Waals surface area (Å²) in [5.74, 6) is 0. The molecule has 16 heavy (non-hydrogen) atoms. The van der Waals surface area contributed by atoms with Crippen LogP contribution >= 0.6 is 11.3 Å². The minimum absolute atomic E-state index is 0.177. The molecule has 6 heteroatoms. The molecule has 1 aromatic rings. The van der Waals surface area contributed by atoms with E-state index in [9.17, 15) is 8.42 Å². The summed E-state index contributed by atoms with van der Waals surface area (Å²) in [5, 5.41) is 0. The highest BCUT2D eigenvalue weighted by atomic mass is 32.2. The lowest BCUT2D eigenvalue weighted by molar-refractivity contribution is 0.413. The third-order valence-corrected chi connectivity index (χ3v) is 6.00. The predicted octanol–water partition coefficient (Wildman–Crippen LogP) is 1.17. The third-order valence-electron chi connectivity index (χ3n) is 2.58. The van der Waals surface area contributed by atoms with Gasteiger partial charge in [-0.05, 0) is 31.9 Å². The summed E-state index contributed by atoms with van der Waals surface area (Å²) >= 11 is 1.32. The first-order valence-electron chi connectivity index (χ1n) is 5.34. The number of sulfonamides is 1. The van der Waals surface area contributed by atoms with E-state index in [-0.39, 0.29) is 6.04 Å². The molecule has 0 amide bonds. The lowest BCUT2D eigenvalue weighted by Gasteiger charge is -2.19. The Balaban J connectivity index is 2.28. The Morgan fingerprint density at radius 2 is 2.19 bits per heavy atom. The average molecular weight is 260 g/mol. The van der Waals surface area contributed by atoms with Crippen molar-refractivity contribution in [2.24, 2.45) is 5.73 Å². The Labute approximate surface area is 100 Å². The lowest BCUT2D eigenvalue weighted by Crippen LogP contribution is -2.36. The first-order valence-corrected chi connectivity index (χ1v) is 7.59. The Morgan fingerprint density at radius 3 is 2.62 bits per heavy atom. The molecule has 0 aliphatic heterocycles. The standard InChI is InChI=1S/C10H16N2O2S2/c1-8-2-5-10(15-8)16(13,14)12(7-6-11)9-3-4-9/h2,5,9H,3-4,6-7,11H2,1H3. The number of nitrogens with two attached hydrogens (primary N) is 1. The van der Waals surface area contributed by atoms with Gasteiger partial charge in [-0.1, -0.05) is 0 Å². The van der Waals surface area contributed by atoms with E-state index in [0.717, 1.165) is 17.7 Å². The molecule has 0 saturated heterocycles. The molecule has 0 unspecified atom stereocenters. The van der Waals surface area contributed by atoms with E-state index in [4.69, 9.17) is 5.73 Å². The molecule has 1 aliphatic rings. The SMILES string of the molecule is Cc1ccc(S(=O)(=O)N(CCN)C2CC2)s1. The van der Waals surface area contributed by atoms with E-state index >= 15 is 0 Å². The van der Waals surface area contributed by atoms with Gasteiger partial charge >= 0.3 is 0 Å². The highest BCUT2D eigenvalue weighted by Gasteiger charge is 2.37. The molecule has 1 aliphatic carbocycles. The fourth-order valence-electron chi connectivity index (χ4n) is 1.66. The number of rotatable bonds is 5. The summed E-state index contributed by atoms with van der Waals surface area (Å²) in [6, 6.07) is 3.70. The quantitative estimate of drug-likeness (QED) is 0.864. The fourth-order valence-corrected chi connectivity index (χ4v) is 4.77. The molecule has 0 bridgehead atoms. The zero-order valence-electron chi connectivity index (χ0n) is 9.22. The van der Waals surface area contributed by atoms with Gasteiger partial charge in [0.2, 0.25) is 0 Å². The van der Waals surface area contributed by atoms with Crippen LogP contribution in [0, 0.1) is 6.92 Å². The Kier molecular flexibility index (Phi) is 3.34. The van der Waals surface area contributed by atoms with Crippen LogP contribution in [0.25, 0.3) is 0 Å². The third kappa shape index (κ3) is 2.29. The largest absolute Gasteiger partial charge is 0.329 e. The lowest BCUT2D eigenvalue weighted by atomic mass is 10.5. The van der Waals surface area contributed by atoms with Gasteiger partial charge in [0.05, 0.1) is 0 Å². The maximum absolute atomic E-state index is 12.3. The van der Waals surface area contributed by atoms with Crippen LogP contribution in [0.1, 0.15) is 17.7 Å². The van der Waals surface area contributed by atoms with Gasteiger partial charge in [0.1, 0.15) is 4.21 Å². The Hall–Kier alpha value is -0.430. The number of nitrogens with zero attached hydrogens (tertiary/aromatic N) is 1. The van der Waals surface area contributed by atoms with E-state index < -0.39 is 10.0 Å². The second-order valence-corrected chi connectivity index (χ2v) is 7.41. The number of hydrogen-bond acceptors (Lipinski definition) is 4. The van der Waals surface area contributed by atoms with E-state index in [0.29, 0.717) is 17.3 Å². The van der Waals surface area contributed by atoms with Crippen LogP contribution < -0.4 is 5.73 Å². The second-order valence-electron chi connectivity index (χ2n) is 4.00. The van der Waals surface area contributed by atoms with Gasteiger partial charge in [0, 0.05) is 24.0 Å². The molecule has 0 spiro atoms. The summed E-state index contributed by atoms with van der Waals surface area (Å²) in [5.41, 5.74) is 5.47. The van der Waals surface area contributed by atoms with E-state index in [1.807, 2.05) is 13.0 Å². The summed E-state index contributed by atoms with van der Waals surface area (Å²) in [6.07, 6.45) is 1.92. The van der Waals surface area contributed by atoms with Gasteiger partial charge in [-0.2, -0.15) is 4.31 Å². The molecule has 0 atom stereocenters. The number of thiophene rings is 1. The highest BCUT2D eigenvalue weighted by Crippen LogP contribution is 2.33. The summed E-state index contributed by atoms with van der Waals surface area (Å²) in [7, 11) is -3.31. The average Bonchev–Trinajstić information content (AvgIpc) is 2.96. The monoisotopic (exact) mass is 260 g/mol. The van der Waals surface area contributed by atoms with E-state index in [1.165, 1.54) is 11.3 Å². The molecule has 2 rings (SSSR count). The molecule has 90 valence electrons. The van der Waals surface area contributed by atoms with Gasteiger partial charge in [-0.15, -0.1) is 11.3 Å². The number of hydrogen-bond donors (Lipinski definition) is 1. The van der Waals surface area contributed by atoms with Crippen LogP contribution in [0.4, 0.5) is 0 Å². The van der Waals surface area contributed by atoms with Gasteiger partial charge in [0.25, 0.3) is 10.0 Å². The smallest absolute Gasteiger partial charge is 0.252 e. The Bertz CT molecular complexity index is 463. The molecule has 1 aromatic heterocycles. The van der Waals surface area contributed by atoms with E-state index in [1.54, 1.807) is 10.4 Å². The van der Waals surface area contributed by atoms with Crippen molar-refractivity contribution in [3.8, 4) is 0 Å². The minimum Gasteiger partial charge on any atom is -0.329 e. The van der Waals surface area contributed by atoms with Crippen molar-refractivity contribution >= 4 is 21.4 Å². The van der Waals surface area contributed by atoms with Crippen LogP contribution in [0.3, 0.4) is 0 Å².